The zero-order valence-corrected chi connectivity index (χ0v) is 19.8. The van der Waals surface area contributed by atoms with Gasteiger partial charge in [-0.25, -0.2) is 14.2 Å². The van der Waals surface area contributed by atoms with Crippen LogP contribution in [0, 0.1) is 6.92 Å². The van der Waals surface area contributed by atoms with E-state index in [9.17, 15) is 22.7 Å². The Balaban J connectivity index is 1.71. The average Bonchev–Trinajstić information content (AvgIpc) is 3.31. The number of hydrogen-bond acceptors (Lipinski definition) is 7. The lowest BCUT2D eigenvalue weighted by Gasteiger charge is -2.33. The molecule has 184 valence electrons. The number of fused-ring (bicyclic) bond motifs is 1. The summed E-state index contributed by atoms with van der Waals surface area (Å²) in [5.41, 5.74) is -0.707. The van der Waals surface area contributed by atoms with Gasteiger partial charge >= 0.3 is 5.69 Å². The van der Waals surface area contributed by atoms with Crippen LogP contribution in [-0.2, 0) is 31.4 Å². The monoisotopic (exact) mass is 501 g/mol. The molecule has 0 bridgehead atoms. The van der Waals surface area contributed by atoms with Crippen LogP contribution >= 0.6 is 0 Å². The summed E-state index contributed by atoms with van der Waals surface area (Å²) < 4.78 is 48.1. The summed E-state index contributed by atoms with van der Waals surface area (Å²) in [6, 6.07) is 4.37. The lowest BCUT2D eigenvalue weighted by atomic mass is 10.2. The normalized spacial score (nSPS) is 15.4. The molecule has 1 aromatic carbocycles. The molecular formula is C22H22FN6O5S-. The number of rotatable bonds is 8. The Labute approximate surface area is 200 Å². The maximum atomic E-state index is 13.7. The molecule has 5 rings (SSSR count). The maximum Gasteiger partial charge on any atom is 0.332 e. The van der Waals surface area contributed by atoms with E-state index in [0.717, 1.165) is 8.87 Å². The van der Waals surface area contributed by atoms with Gasteiger partial charge in [-0.05, 0) is 31.0 Å². The van der Waals surface area contributed by atoms with Gasteiger partial charge in [0.05, 0.1) is 41.4 Å². The van der Waals surface area contributed by atoms with Gasteiger partial charge in [0.2, 0.25) is 0 Å². The smallest absolute Gasteiger partial charge is 0.332 e. The van der Waals surface area contributed by atoms with Crippen molar-refractivity contribution in [3.05, 3.63) is 74.8 Å². The van der Waals surface area contributed by atoms with Gasteiger partial charge < -0.3 is 8.97 Å². The second kappa shape index (κ2) is 8.57. The molecule has 1 atom stereocenters. The van der Waals surface area contributed by atoms with Gasteiger partial charge in [-0.1, -0.05) is 0 Å². The number of aryl methyl sites for hydroxylation is 2. The molecule has 1 aliphatic rings. The molecule has 13 heteroatoms. The number of hydrogen-bond donors (Lipinski definition) is 0. The van der Waals surface area contributed by atoms with Crippen LogP contribution in [0.2, 0.25) is 0 Å². The highest BCUT2D eigenvalue weighted by Crippen LogP contribution is 2.45. The van der Waals surface area contributed by atoms with Crippen LogP contribution in [0.15, 0.2) is 50.9 Å². The highest BCUT2D eigenvalue weighted by molar-refractivity contribution is 7.80. The lowest BCUT2D eigenvalue weighted by molar-refractivity contribution is 0.411. The molecule has 35 heavy (non-hydrogen) atoms. The number of anilines is 1. The summed E-state index contributed by atoms with van der Waals surface area (Å²) >= 11 is -2.75. The summed E-state index contributed by atoms with van der Waals surface area (Å²) in [4.78, 5) is 31.2. The SMILES string of the molecule is Cc1nc(Cn2c(=O)n(Cc3cnn(C)c3)c(=O)c3cc(N(S(=O)[O-])C4(CF)CC4)ccc32)co1. The Bertz CT molecular complexity index is 1570. The molecule has 1 fully saturated rings. The van der Waals surface area contributed by atoms with Gasteiger partial charge in [0, 0.05) is 42.7 Å². The van der Waals surface area contributed by atoms with Gasteiger partial charge in [0.25, 0.3) is 5.56 Å². The van der Waals surface area contributed by atoms with E-state index < -0.39 is 34.7 Å². The van der Waals surface area contributed by atoms with Crippen molar-refractivity contribution in [3.8, 4) is 0 Å². The quantitative estimate of drug-likeness (QED) is 0.333. The van der Waals surface area contributed by atoms with Crippen molar-refractivity contribution in [1.29, 1.82) is 0 Å². The van der Waals surface area contributed by atoms with Gasteiger partial charge in [-0.2, -0.15) is 5.10 Å². The van der Waals surface area contributed by atoms with Crippen molar-refractivity contribution < 1.29 is 17.6 Å². The number of benzene rings is 1. The molecule has 1 aliphatic carbocycles. The zero-order valence-electron chi connectivity index (χ0n) is 19.0. The minimum absolute atomic E-state index is 0.0326. The third-order valence-electron chi connectivity index (χ3n) is 6.18. The molecule has 3 heterocycles. The Morgan fingerprint density at radius 3 is 2.60 bits per heavy atom. The highest BCUT2D eigenvalue weighted by Gasteiger charge is 2.49. The third-order valence-corrected chi connectivity index (χ3v) is 7.08. The molecule has 1 saturated carbocycles. The molecular weight excluding hydrogens is 479 g/mol. The van der Waals surface area contributed by atoms with Gasteiger partial charge in [0.15, 0.2) is 5.89 Å². The Hall–Kier alpha value is -3.58. The summed E-state index contributed by atoms with van der Waals surface area (Å²) in [5, 5.41) is 4.21. The topological polar surface area (TPSA) is 131 Å². The zero-order chi connectivity index (χ0) is 24.9. The van der Waals surface area contributed by atoms with Crippen LogP contribution in [-0.4, -0.2) is 44.9 Å². The van der Waals surface area contributed by atoms with E-state index in [0.29, 0.717) is 35.5 Å². The van der Waals surface area contributed by atoms with Crippen LogP contribution in [0.1, 0.15) is 30.0 Å². The van der Waals surface area contributed by atoms with E-state index in [1.165, 1.54) is 29.0 Å². The van der Waals surface area contributed by atoms with E-state index in [4.69, 9.17) is 4.42 Å². The van der Waals surface area contributed by atoms with Gasteiger partial charge in [-0.3, -0.25) is 27.1 Å². The minimum atomic E-state index is -2.75. The van der Waals surface area contributed by atoms with Crippen LogP contribution in [0.5, 0.6) is 0 Å². The molecule has 1 unspecified atom stereocenters. The first kappa shape index (κ1) is 23.2. The predicted molar refractivity (Wildman–Crippen MR) is 124 cm³/mol. The Kier molecular flexibility index (Phi) is 5.68. The first-order chi connectivity index (χ1) is 16.7. The fraction of sp³-hybridized carbons (Fsp3) is 0.364. The van der Waals surface area contributed by atoms with Gasteiger partial charge in [-0.15, -0.1) is 0 Å². The second-order valence-electron chi connectivity index (χ2n) is 8.71. The van der Waals surface area contributed by atoms with E-state index >= 15 is 0 Å². The third kappa shape index (κ3) is 4.10. The largest absolute Gasteiger partial charge is 0.755 e. The van der Waals surface area contributed by atoms with E-state index in [-0.39, 0.29) is 24.2 Å². The minimum Gasteiger partial charge on any atom is -0.755 e. The number of aromatic nitrogens is 5. The second-order valence-corrected chi connectivity index (χ2v) is 9.51. The van der Waals surface area contributed by atoms with Crippen molar-refractivity contribution in [2.75, 3.05) is 11.0 Å². The first-order valence-corrected chi connectivity index (χ1v) is 11.9. The summed E-state index contributed by atoms with van der Waals surface area (Å²) in [5.74, 6) is 0.429. The molecule has 3 aromatic heterocycles. The fourth-order valence-electron chi connectivity index (χ4n) is 4.26. The number of halogens is 1. The molecule has 0 N–H and O–H groups in total. The number of alkyl halides is 1. The molecule has 4 aromatic rings. The lowest BCUT2D eigenvalue weighted by Crippen LogP contribution is -2.42. The number of oxazole rings is 1. The van der Waals surface area contributed by atoms with Crippen LogP contribution < -0.4 is 15.6 Å². The fourth-order valence-corrected chi connectivity index (χ4v) is 5.10. The van der Waals surface area contributed by atoms with Crippen LogP contribution in [0.4, 0.5) is 10.1 Å². The van der Waals surface area contributed by atoms with Crippen molar-refractivity contribution in [2.45, 2.75) is 38.4 Å². The highest BCUT2D eigenvalue weighted by atomic mass is 32.2. The summed E-state index contributed by atoms with van der Waals surface area (Å²) in [6.07, 6.45) is 5.44. The standard InChI is InChI=1S/C22H23FN6O5S/c1-14-25-16(12-34-14)11-27-19-4-3-17(29(35(32)33)22(13-23)5-6-22)7-18(19)20(30)28(21(27)31)10-15-8-24-26(2)9-15/h3-4,7-9,12H,5-6,10-11,13H2,1-2H3,(H,32,33)/p-1. The Morgan fingerprint density at radius 2 is 2.03 bits per heavy atom. The molecule has 0 aliphatic heterocycles. The van der Waals surface area contributed by atoms with E-state index in [1.807, 2.05) is 0 Å². The first-order valence-electron chi connectivity index (χ1n) is 10.8. The van der Waals surface area contributed by atoms with Crippen LogP contribution in [0.25, 0.3) is 10.9 Å². The molecule has 0 spiro atoms. The Morgan fingerprint density at radius 1 is 1.26 bits per heavy atom. The van der Waals surface area contributed by atoms with Crippen LogP contribution in [0.3, 0.4) is 0 Å². The maximum absolute atomic E-state index is 13.7. The van der Waals surface area contributed by atoms with E-state index in [2.05, 4.69) is 10.1 Å². The predicted octanol–water partition coefficient (Wildman–Crippen LogP) is 1.39. The molecule has 0 amide bonds. The molecule has 0 saturated heterocycles. The average molecular weight is 502 g/mol. The summed E-state index contributed by atoms with van der Waals surface area (Å²) in [7, 11) is 1.72. The van der Waals surface area contributed by atoms with Crippen molar-refractivity contribution in [1.82, 2.24) is 23.9 Å². The molecule has 0 radical (unpaired) electrons. The van der Waals surface area contributed by atoms with Crippen molar-refractivity contribution in [2.24, 2.45) is 7.05 Å². The molecule has 11 nitrogen and oxygen atoms in total. The summed E-state index contributed by atoms with van der Waals surface area (Å²) in [6.45, 7) is 0.839. The number of nitrogens with zero attached hydrogens (tertiary/aromatic N) is 6. The van der Waals surface area contributed by atoms with Crippen molar-refractivity contribution in [3.63, 3.8) is 0 Å². The van der Waals surface area contributed by atoms with E-state index in [1.54, 1.807) is 31.0 Å². The van der Waals surface area contributed by atoms with Gasteiger partial charge in [0.1, 0.15) is 12.9 Å². The van der Waals surface area contributed by atoms with Crippen molar-refractivity contribution >= 4 is 27.9 Å².